The molecular formula is C20H25ClN2O3. The number of para-hydroxylation sites is 2. The van der Waals surface area contributed by atoms with Crippen molar-refractivity contribution in [1.29, 1.82) is 0 Å². The summed E-state index contributed by atoms with van der Waals surface area (Å²) in [5.74, 6) is 0.703. The lowest BCUT2D eigenvalue weighted by Crippen LogP contribution is -2.45. The third-order valence-electron chi connectivity index (χ3n) is 4.42. The number of hydrogen-bond acceptors (Lipinski definition) is 4. The molecular weight excluding hydrogens is 352 g/mol. The second-order valence-corrected chi connectivity index (χ2v) is 7.33. The van der Waals surface area contributed by atoms with Gasteiger partial charge in [-0.3, -0.25) is 4.79 Å². The number of hydrogen-bond donors (Lipinski definition) is 2. The number of nitrogens with one attached hydrogen (secondary N) is 1. The van der Waals surface area contributed by atoms with E-state index in [2.05, 4.69) is 5.32 Å². The van der Waals surface area contributed by atoms with Gasteiger partial charge in [0.05, 0.1) is 12.2 Å². The van der Waals surface area contributed by atoms with E-state index in [0.29, 0.717) is 18.0 Å². The SMILES string of the molecule is CN(C(=O)C1CNc2ccccc2O1)c1ccc(C(C)(C)C)c(O)c1.Cl. The summed E-state index contributed by atoms with van der Waals surface area (Å²) in [6.45, 7) is 6.52. The molecule has 0 radical (unpaired) electrons. The van der Waals surface area contributed by atoms with Crippen molar-refractivity contribution in [3.05, 3.63) is 48.0 Å². The minimum atomic E-state index is -0.607. The van der Waals surface area contributed by atoms with E-state index in [1.54, 1.807) is 13.1 Å². The molecule has 0 aliphatic carbocycles. The quantitative estimate of drug-likeness (QED) is 0.833. The van der Waals surface area contributed by atoms with Gasteiger partial charge in [0.2, 0.25) is 0 Å². The summed E-state index contributed by atoms with van der Waals surface area (Å²) in [5.41, 5.74) is 2.21. The molecule has 2 N–H and O–H groups in total. The summed E-state index contributed by atoms with van der Waals surface area (Å²) >= 11 is 0. The zero-order valence-corrected chi connectivity index (χ0v) is 16.3. The fourth-order valence-electron chi connectivity index (χ4n) is 2.96. The normalized spacial score (nSPS) is 15.8. The Kier molecular flexibility index (Phi) is 5.71. The van der Waals surface area contributed by atoms with Gasteiger partial charge in [-0.25, -0.2) is 0 Å². The molecule has 1 heterocycles. The zero-order valence-electron chi connectivity index (χ0n) is 15.4. The van der Waals surface area contributed by atoms with Crippen LogP contribution in [0, 0.1) is 0 Å². The standard InChI is InChI=1S/C20H24N2O3.ClH/c1-20(2,3)14-10-9-13(11-16(14)23)22(4)19(24)18-12-21-15-7-5-6-8-17(15)25-18;/h5-11,18,21,23H,12H2,1-4H3;1H. The van der Waals surface area contributed by atoms with Gasteiger partial charge in [0.15, 0.2) is 6.10 Å². The maximum atomic E-state index is 12.8. The molecule has 0 aromatic heterocycles. The van der Waals surface area contributed by atoms with Crippen molar-refractivity contribution < 1.29 is 14.6 Å². The molecule has 0 bridgehead atoms. The molecule has 0 spiro atoms. The van der Waals surface area contributed by atoms with Gasteiger partial charge in [-0.15, -0.1) is 12.4 Å². The van der Waals surface area contributed by atoms with Gasteiger partial charge in [-0.2, -0.15) is 0 Å². The maximum Gasteiger partial charge on any atom is 0.269 e. The second kappa shape index (κ2) is 7.46. The first-order valence-electron chi connectivity index (χ1n) is 8.38. The van der Waals surface area contributed by atoms with Gasteiger partial charge in [0, 0.05) is 18.8 Å². The van der Waals surface area contributed by atoms with Crippen LogP contribution >= 0.6 is 12.4 Å². The fourth-order valence-corrected chi connectivity index (χ4v) is 2.96. The number of phenolic OH excluding ortho intramolecular Hbond substituents is 1. The molecule has 2 aromatic carbocycles. The second-order valence-electron chi connectivity index (χ2n) is 7.33. The Morgan fingerprint density at radius 3 is 2.58 bits per heavy atom. The molecule has 0 saturated carbocycles. The van der Waals surface area contributed by atoms with E-state index in [0.717, 1.165) is 11.3 Å². The number of aromatic hydroxyl groups is 1. The number of benzene rings is 2. The molecule has 1 aliphatic heterocycles. The molecule has 1 aliphatic rings. The number of amides is 1. The first-order valence-corrected chi connectivity index (χ1v) is 8.38. The number of anilines is 2. The average molecular weight is 377 g/mol. The third-order valence-corrected chi connectivity index (χ3v) is 4.42. The van der Waals surface area contributed by atoms with E-state index >= 15 is 0 Å². The highest BCUT2D eigenvalue weighted by molar-refractivity contribution is 5.97. The molecule has 2 aromatic rings. The van der Waals surface area contributed by atoms with Crippen LogP contribution in [0.5, 0.6) is 11.5 Å². The number of phenols is 1. The number of likely N-dealkylation sites (N-methyl/N-ethyl adjacent to an activating group) is 1. The first-order chi connectivity index (χ1) is 11.8. The summed E-state index contributed by atoms with van der Waals surface area (Å²) in [7, 11) is 1.69. The predicted molar refractivity (Wildman–Crippen MR) is 107 cm³/mol. The Morgan fingerprint density at radius 2 is 1.92 bits per heavy atom. The van der Waals surface area contributed by atoms with Crippen LogP contribution in [0.25, 0.3) is 0 Å². The fraction of sp³-hybridized carbons (Fsp3) is 0.350. The minimum Gasteiger partial charge on any atom is -0.508 e. The number of carbonyl (C=O) groups is 1. The predicted octanol–water partition coefficient (Wildman–Crippen LogP) is 3.95. The van der Waals surface area contributed by atoms with Crippen LogP contribution in [0.4, 0.5) is 11.4 Å². The van der Waals surface area contributed by atoms with E-state index < -0.39 is 6.10 Å². The Labute approximate surface area is 160 Å². The van der Waals surface area contributed by atoms with Crippen molar-refractivity contribution in [2.75, 3.05) is 23.8 Å². The summed E-state index contributed by atoms with van der Waals surface area (Å²) in [4.78, 5) is 14.3. The molecule has 140 valence electrons. The third kappa shape index (κ3) is 3.88. The van der Waals surface area contributed by atoms with Crippen LogP contribution < -0.4 is 15.0 Å². The lowest BCUT2D eigenvalue weighted by Gasteiger charge is -2.30. The maximum absolute atomic E-state index is 12.8. The van der Waals surface area contributed by atoms with Crippen LogP contribution in [0.2, 0.25) is 0 Å². The topological polar surface area (TPSA) is 61.8 Å². The molecule has 26 heavy (non-hydrogen) atoms. The first kappa shape index (κ1) is 19.9. The number of carbonyl (C=O) groups excluding carboxylic acids is 1. The van der Waals surface area contributed by atoms with E-state index in [1.165, 1.54) is 4.90 Å². The number of nitrogens with zero attached hydrogens (tertiary/aromatic N) is 1. The van der Waals surface area contributed by atoms with Gasteiger partial charge in [-0.1, -0.05) is 39.0 Å². The van der Waals surface area contributed by atoms with Gasteiger partial charge >= 0.3 is 0 Å². The van der Waals surface area contributed by atoms with Crippen LogP contribution in [0.15, 0.2) is 42.5 Å². The summed E-state index contributed by atoms with van der Waals surface area (Å²) < 4.78 is 5.83. The number of ether oxygens (including phenoxy) is 1. The van der Waals surface area contributed by atoms with Crippen LogP contribution in [0.3, 0.4) is 0 Å². The smallest absolute Gasteiger partial charge is 0.269 e. The Bertz CT molecular complexity index is 802. The lowest BCUT2D eigenvalue weighted by atomic mass is 9.86. The summed E-state index contributed by atoms with van der Waals surface area (Å²) in [6, 6.07) is 12.9. The van der Waals surface area contributed by atoms with Gasteiger partial charge in [0.25, 0.3) is 5.91 Å². The minimum absolute atomic E-state index is 0. The highest BCUT2D eigenvalue weighted by atomic mass is 35.5. The molecule has 0 saturated heterocycles. The molecule has 1 amide bonds. The van der Waals surface area contributed by atoms with E-state index in [-0.39, 0.29) is 29.5 Å². The highest BCUT2D eigenvalue weighted by Gasteiger charge is 2.29. The van der Waals surface area contributed by atoms with Crippen molar-refractivity contribution in [3.63, 3.8) is 0 Å². The van der Waals surface area contributed by atoms with Gasteiger partial charge in [0.1, 0.15) is 11.5 Å². The Hall–Kier alpha value is -2.40. The van der Waals surface area contributed by atoms with E-state index in [4.69, 9.17) is 4.74 Å². The van der Waals surface area contributed by atoms with Crippen molar-refractivity contribution in [1.82, 2.24) is 0 Å². The summed E-state index contributed by atoms with van der Waals surface area (Å²) in [5, 5.41) is 13.5. The lowest BCUT2D eigenvalue weighted by molar-refractivity contribution is -0.124. The van der Waals surface area contributed by atoms with E-state index in [9.17, 15) is 9.90 Å². The summed E-state index contributed by atoms with van der Waals surface area (Å²) in [6.07, 6.45) is -0.607. The largest absolute Gasteiger partial charge is 0.508 e. The van der Waals surface area contributed by atoms with Crippen LogP contribution in [0.1, 0.15) is 26.3 Å². The molecule has 1 atom stereocenters. The van der Waals surface area contributed by atoms with Crippen molar-refractivity contribution in [3.8, 4) is 11.5 Å². The van der Waals surface area contributed by atoms with Crippen molar-refractivity contribution in [2.24, 2.45) is 0 Å². The van der Waals surface area contributed by atoms with Crippen molar-refractivity contribution in [2.45, 2.75) is 32.3 Å². The van der Waals surface area contributed by atoms with E-state index in [1.807, 2.05) is 57.2 Å². The number of fused-ring (bicyclic) bond motifs is 1. The van der Waals surface area contributed by atoms with Crippen LogP contribution in [-0.4, -0.2) is 30.7 Å². The van der Waals surface area contributed by atoms with Crippen LogP contribution in [-0.2, 0) is 10.2 Å². The monoisotopic (exact) mass is 376 g/mol. The highest BCUT2D eigenvalue weighted by Crippen LogP contribution is 2.34. The molecule has 5 nitrogen and oxygen atoms in total. The Balaban J connectivity index is 0.00000243. The van der Waals surface area contributed by atoms with Crippen molar-refractivity contribution >= 4 is 29.7 Å². The average Bonchev–Trinajstić information content (AvgIpc) is 2.58. The Morgan fingerprint density at radius 1 is 1.23 bits per heavy atom. The molecule has 6 heteroatoms. The number of rotatable bonds is 2. The molecule has 1 unspecified atom stereocenters. The molecule has 3 rings (SSSR count). The molecule has 0 fully saturated rings. The number of halogens is 1. The zero-order chi connectivity index (χ0) is 18.2. The van der Waals surface area contributed by atoms with Gasteiger partial charge < -0.3 is 20.1 Å². The van der Waals surface area contributed by atoms with Gasteiger partial charge in [-0.05, 0) is 29.2 Å².